The van der Waals surface area contributed by atoms with Crippen LogP contribution in [-0.4, -0.2) is 55.9 Å². The van der Waals surface area contributed by atoms with E-state index in [2.05, 4.69) is 17.3 Å². The van der Waals surface area contributed by atoms with E-state index in [1.165, 1.54) is 7.11 Å². The summed E-state index contributed by atoms with van der Waals surface area (Å²) >= 11 is 0. The highest BCUT2D eigenvalue weighted by Crippen LogP contribution is 2.21. The predicted octanol–water partition coefficient (Wildman–Crippen LogP) is 1.78. The Labute approximate surface area is 127 Å². The number of ether oxygens (including phenoxy) is 2. The van der Waals surface area contributed by atoms with Crippen LogP contribution in [0.4, 0.5) is 4.79 Å². The van der Waals surface area contributed by atoms with Gasteiger partial charge in [-0.2, -0.15) is 0 Å². The van der Waals surface area contributed by atoms with Crippen molar-refractivity contribution in [2.45, 2.75) is 51.7 Å². The van der Waals surface area contributed by atoms with Gasteiger partial charge >= 0.3 is 12.1 Å². The first-order valence-corrected chi connectivity index (χ1v) is 7.47. The van der Waals surface area contributed by atoms with E-state index in [1.54, 1.807) is 20.8 Å². The van der Waals surface area contributed by atoms with E-state index in [0.717, 1.165) is 25.9 Å². The molecule has 6 nitrogen and oxygen atoms in total. The van der Waals surface area contributed by atoms with Gasteiger partial charge in [0.1, 0.15) is 11.6 Å². The van der Waals surface area contributed by atoms with Gasteiger partial charge < -0.3 is 19.7 Å². The quantitative estimate of drug-likeness (QED) is 0.802. The number of esters is 1. The Morgan fingerprint density at radius 3 is 2.33 bits per heavy atom. The summed E-state index contributed by atoms with van der Waals surface area (Å²) in [6.07, 6.45) is 2.07. The molecule has 122 valence electrons. The Bertz CT molecular complexity index is 357. The highest BCUT2D eigenvalue weighted by molar-refractivity contribution is 5.81. The van der Waals surface area contributed by atoms with E-state index in [0.29, 0.717) is 12.3 Å². The van der Waals surface area contributed by atoms with Crippen LogP contribution in [0.25, 0.3) is 0 Å². The molecule has 1 saturated heterocycles. The number of likely N-dealkylation sites (tertiary alicyclic amines) is 1. The Morgan fingerprint density at radius 1 is 1.29 bits per heavy atom. The zero-order chi connectivity index (χ0) is 16.0. The van der Waals surface area contributed by atoms with Gasteiger partial charge in [-0.25, -0.2) is 9.59 Å². The molecule has 0 aromatic heterocycles. The third-order valence-corrected chi connectivity index (χ3v) is 3.58. The lowest BCUT2D eigenvalue weighted by Gasteiger charge is -2.31. The molecule has 0 radical (unpaired) electrons. The van der Waals surface area contributed by atoms with Gasteiger partial charge in [-0.1, -0.05) is 0 Å². The van der Waals surface area contributed by atoms with Crippen molar-refractivity contribution in [2.24, 2.45) is 5.92 Å². The van der Waals surface area contributed by atoms with Crippen LogP contribution in [0.1, 0.15) is 40.0 Å². The minimum Gasteiger partial charge on any atom is -0.467 e. The van der Waals surface area contributed by atoms with Crippen LogP contribution in [-0.2, 0) is 14.3 Å². The first-order chi connectivity index (χ1) is 9.71. The molecule has 0 aromatic carbocycles. The zero-order valence-electron chi connectivity index (χ0n) is 13.8. The van der Waals surface area contributed by atoms with Crippen LogP contribution in [0.5, 0.6) is 0 Å². The fourth-order valence-corrected chi connectivity index (χ4v) is 2.44. The second-order valence-corrected chi connectivity index (χ2v) is 6.70. The van der Waals surface area contributed by atoms with Gasteiger partial charge in [0, 0.05) is 0 Å². The van der Waals surface area contributed by atoms with E-state index in [9.17, 15) is 9.59 Å². The lowest BCUT2D eigenvalue weighted by molar-refractivity contribution is -0.143. The number of piperidine rings is 1. The molecule has 1 atom stereocenters. The van der Waals surface area contributed by atoms with E-state index in [-0.39, 0.29) is 0 Å². The normalized spacial score (nSPS) is 18.9. The fourth-order valence-electron chi connectivity index (χ4n) is 2.44. The summed E-state index contributed by atoms with van der Waals surface area (Å²) in [6, 6.07) is -0.641. The van der Waals surface area contributed by atoms with Gasteiger partial charge in [0.05, 0.1) is 7.11 Å². The van der Waals surface area contributed by atoms with Crippen molar-refractivity contribution in [3.05, 3.63) is 0 Å². The molecule has 1 rings (SSSR count). The fraction of sp³-hybridized carbons (Fsp3) is 0.867. The second-order valence-electron chi connectivity index (χ2n) is 6.70. The number of alkyl carbamates (subject to hydrolysis) is 1. The van der Waals surface area contributed by atoms with Gasteiger partial charge in [0.2, 0.25) is 0 Å². The number of carbonyl (C=O) groups excluding carboxylic acids is 2. The summed E-state index contributed by atoms with van der Waals surface area (Å²) < 4.78 is 9.99. The van der Waals surface area contributed by atoms with E-state index in [4.69, 9.17) is 9.47 Å². The minimum absolute atomic E-state index is 0.417. The summed E-state index contributed by atoms with van der Waals surface area (Å²) in [7, 11) is 3.42. The van der Waals surface area contributed by atoms with Crippen molar-refractivity contribution in [3.8, 4) is 0 Å². The molecule has 0 aromatic rings. The molecule has 1 fully saturated rings. The van der Waals surface area contributed by atoms with Crippen molar-refractivity contribution >= 4 is 12.1 Å². The van der Waals surface area contributed by atoms with Crippen LogP contribution in [0.2, 0.25) is 0 Å². The Hall–Kier alpha value is -1.30. The minimum atomic E-state index is -0.641. The highest BCUT2D eigenvalue weighted by Gasteiger charge is 2.29. The zero-order valence-corrected chi connectivity index (χ0v) is 13.8. The number of rotatable bonds is 4. The molecule has 1 N–H and O–H groups in total. The van der Waals surface area contributed by atoms with Crippen molar-refractivity contribution < 1.29 is 19.1 Å². The molecule has 1 aliphatic rings. The van der Waals surface area contributed by atoms with Crippen LogP contribution >= 0.6 is 0 Å². The molecule has 1 aliphatic heterocycles. The maximum absolute atomic E-state index is 11.8. The summed E-state index contributed by atoms with van der Waals surface area (Å²) in [5.41, 5.74) is -0.585. The predicted molar refractivity (Wildman–Crippen MR) is 80.0 cm³/mol. The van der Waals surface area contributed by atoms with Gasteiger partial charge in [0.15, 0.2) is 0 Å². The summed E-state index contributed by atoms with van der Waals surface area (Å²) in [6.45, 7) is 7.40. The van der Waals surface area contributed by atoms with Gasteiger partial charge in [-0.15, -0.1) is 0 Å². The molecule has 1 unspecified atom stereocenters. The Balaban J connectivity index is 2.55. The van der Waals surface area contributed by atoms with Crippen molar-refractivity contribution in [1.82, 2.24) is 10.2 Å². The van der Waals surface area contributed by atoms with Gasteiger partial charge in [-0.3, -0.25) is 0 Å². The summed E-state index contributed by atoms with van der Waals surface area (Å²) in [5.74, 6) is 0.0000222. The van der Waals surface area contributed by atoms with E-state index in [1.807, 2.05) is 0 Å². The summed E-state index contributed by atoms with van der Waals surface area (Å²) in [5, 5.41) is 2.63. The van der Waals surface area contributed by atoms with Crippen LogP contribution in [0.3, 0.4) is 0 Å². The third kappa shape index (κ3) is 6.80. The first kappa shape index (κ1) is 17.8. The molecule has 1 amide bonds. The number of hydrogen-bond donors (Lipinski definition) is 1. The highest BCUT2D eigenvalue weighted by atomic mass is 16.6. The lowest BCUT2D eigenvalue weighted by Crippen LogP contribution is -2.45. The second kappa shape index (κ2) is 7.64. The topological polar surface area (TPSA) is 67.9 Å². The molecular weight excluding hydrogens is 272 g/mol. The van der Waals surface area contributed by atoms with E-state index < -0.39 is 23.7 Å². The average molecular weight is 300 g/mol. The maximum Gasteiger partial charge on any atom is 0.408 e. The number of hydrogen-bond acceptors (Lipinski definition) is 5. The number of carbonyl (C=O) groups is 2. The molecule has 0 saturated carbocycles. The van der Waals surface area contributed by atoms with Gasteiger partial charge in [-0.05, 0) is 66.1 Å². The molecular formula is C15H28N2O4. The number of nitrogens with one attached hydrogen (secondary N) is 1. The molecule has 6 heteroatoms. The van der Waals surface area contributed by atoms with Crippen LogP contribution in [0, 0.1) is 5.92 Å². The molecule has 0 aliphatic carbocycles. The summed E-state index contributed by atoms with van der Waals surface area (Å²) in [4.78, 5) is 26.0. The van der Waals surface area contributed by atoms with Crippen molar-refractivity contribution in [3.63, 3.8) is 0 Å². The largest absolute Gasteiger partial charge is 0.467 e. The standard InChI is InChI=1S/C15H28N2O4/c1-15(2,3)21-14(19)16-12(13(18)20-5)10-11-6-8-17(4)9-7-11/h11-12H,6-10H2,1-5H3,(H,16,19). The lowest BCUT2D eigenvalue weighted by atomic mass is 9.90. The number of nitrogens with zero attached hydrogens (tertiary/aromatic N) is 1. The smallest absolute Gasteiger partial charge is 0.408 e. The van der Waals surface area contributed by atoms with Gasteiger partial charge in [0.25, 0.3) is 0 Å². The SMILES string of the molecule is COC(=O)C(CC1CCN(C)CC1)NC(=O)OC(C)(C)C. The van der Waals surface area contributed by atoms with Crippen molar-refractivity contribution in [1.29, 1.82) is 0 Å². The molecule has 0 bridgehead atoms. The number of amides is 1. The molecule has 21 heavy (non-hydrogen) atoms. The van der Waals surface area contributed by atoms with Crippen LogP contribution in [0.15, 0.2) is 0 Å². The van der Waals surface area contributed by atoms with Crippen LogP contribution < -0.4 is 5.32 Å². The monoisotopic (exact) mass is 300 g/mol. The molecule has 1 heterocycles. The Kier molecular flexibility index (Phi) is 6.45. The Morgan fingerprint density at radius 2 is 1.86 bits per heavy atom. The molecule has 0 spiro atoms. The van der Waals surface area contributed by atoms with Crippen molar-refractivity contribution in [2.75, 3.05) is 27.2 Å². The van der Waals surface area contributed by atoms with E-state index >= 15 is 0 Å². The third-order valence-electron chi connectivity index (χ3n) is 3.58. The number of methoxy groups -OCH3 is 1. The maximum atomic E-state index is 11.8. The average Bonchev–Trinajstić information content (AvgIpc) is 2.37. The first-order valence-electron chi connectivity index (χ1n) is 7.47.